The lowest BCUT2D eigenvalue weighted by atomic mass is 9.99. The SMILES string of the molecule is CCCC(=O)NCc1cccc(CN(C(=O)Nc2cccc(C(F)(F)F)c2)C2CCN(C(C)CCC)CC2)c1. The number of benzene rings is 2. The van der Waals surface area contributed by atoms with E-state index in [2.05, 4.69) is 29.4 Å². The van der Waals surface area contributed by atoms with Crippen molar-refractivity contribution in [2.24, 2.45) is 0 Å². The first-order chi connectivity index (χ1) is 18.6. The molecule has 1 aliphatic rings. The topological polar surface area (TPSA) is 64.7 Å². The average molecular weight is 547 g/mol. The first kappa shape index (κ1) is 30.5. The van der Waals surface area contributed by atoms with E-state index in [4.69, 9.17) is 0 Å². The molecule has 0 aliphatic carbocycles. The molecular weight excluding hydrogens is 505 g/mol. The van der Waals surface area contributed by atoms with Gasteiger partial charge in [0.2, 0.25) is 5.91 Å². The molecule has 1 heterocycles. The number of rotatable bonds is 11. The van der Waals surface area contributed by atoms with E-state index < -0.39 is 17.8 Å². The van der Waals surface area contributed by atoms with E-state index in [0.29, 0.717) is 25.6 Å². The molecule has 6 nitrogen and oxygen atoms in total. The minimum absolute atomic E-state index is 0.00550. The molecule has 2 aromatic rings. The first-order valence-corrected chi connectivity index (χ1v) is 13.9. The quantitative estimate of drug-likeness (QED) is 0.326. The number of piperidine rings is 1. The second kappa shape index (κ2) is 14.4. The van der Waals surface area contributed by atoms with Gasteiger partial charge in [0.1, 0.15) is 0 Å². The number of hydrogen-bond acceptors (Lipinski definition) is 3. The van der Waals surface area contributed by atoms with E-state index >= 15 is 0 Å². The van der Waals surface area contributed by atoms with Gasteiger partial charge in [-0.2, -0.15) is 13.2 Å². The van der Waals surface area contributed by atoms with Gasteiger partial charge in [-0.3, -0.25) is 4.79 Å². The summed E-state index contributed by atoms with van der Waals surface area (Å²) >= 11 is 0. The minimum Gasteiger partial charge on any atom is -0.352 e. The maximum absolute atomic E-state index is 13.5. The van der Waals surface area contributed by atoms with Crippen molar-refractivity contribution in [3.63, 3.8) is 0 Å². The van der Waals surface area contributed by atoms with Crippen LogP contribution >= 0.6 is 0 Å². The van der Waals surface area contributed by atoms with Crippen molar-refractivity contribution in [2.45, 2.75) is 90.6 Å². The fourth-order valence-corrected chi connectivity index (χ4v) is 5.12. The predicted molar refractivity (Wildman–Crippen MR) is 148 cm³/mol. The molecule has 0 radical (unpaired) electrons. The Morgan fingerprint density at radius 2 is 1.72 bits per heavy atom. The van der Waals surface area contributed by atoms with Crippen LogP contribution in [0.25, 0.3) is 0 Å². The van der Waals surface area contributed by atoms with Gasteiger partial charge in [0.05, 0.1) is 5.56 Å². The zero-order valence-corrected chi connectivity index (χ0v) is 23.2. The number of hydrogen-bond donors (Lipinski definition) is 2. The number of carbonyl (C=O) groups excluding carboxylic acids is 2. The Bertz CT molecular complexity index is 1080. The summed E-state index contributed by atoms with van der Waals surface area (Å²) in [7, 11) is 0. The van der Waals surface area contributed by atoms with Gasteiger partial charge >= 0.3 is 12.2 Å². The third kappa shape index (κ3) is 9.27. The first-order valence-electron chi connectivity index (χ1n) is 13.9. The summed E-state index contributed by atoms with van der Waals surface area (Å²) in [5.41, 5.74) is 1.14. The number of nitrogens with zero attached hydrogens (tertiary/aromatic N) is 2. The summed E-state index contributed by atoms with van der Waals surface area (Å²) in [6.45, 7) is 8.80. The van der Waals surface area contributed by atoms with Gasteiger partial charge in [-0.05, 0) is 61.9 Å². The number of halogens is 3. The smallest absolute Gasteiger partial charge is 0.352 e. The highest BCUT2D eigenvalue weighted by molar-refractivity contribution is 5.89. The molecule has 3 amide bonds. The second-order valence-electron chi connectivity index (χ2n) is 10.4. The van der Waals surface area contributed by atoms with Crippen LogP contribution in [0.2, 0.25) is 0 Å². The van der Waals surface area contributed by atoms with Crippen LogP contribution in [0.1, 0.15) is 76.0 Å². The lowest BCUT2D eigenvalue weighted by Crippen LogP contribution is -2.50. The second-order valence-corrected chi connectivity index (χ2v) is 10.4. The number of amides is 3. The normalized spacial score (nSPS) is 15.5. The highest BCUT2D eigenvalue weighted by Gasteiger charge is 2.32. The number of carbonyl (C=O) groups is 2. The van der Waals surface area contributed by atoms with Crippen molar-refractivity contribution in [3.8, 4) is 0 Å². The molecule has 1 aliphatic heterocycles. The number of nitrogens with one attached hydrogen (secondary N) is 2. The van der Waals surface area contributed by atoms with Crippen LogP contribution in [-0.2, 0) is 24.1 Å². The minimum atomic E-state index is -4.49. The Kier molecular flexibility index (Phi) is 11.2. The summed E-state index contributed by atoms with van der Waals surface area (Å²) in [5.74, 6) is -0.00550. The largest absolute Gasteiger partial charge is 0.416 e. The van der Waals surface area contributed by atoms with Crippen LogP contribution in [0.15, 0.2) is 48.5 Å². The van der Waals surface area contributed by atoms with E-state index in [1.54, 1.807) is 4.90 Å². The van der Waals surface area contributed by atoms with Crippen molar-refractivity contribution < 1.29 is 22.8 Å². The van der Waals surface area contributed by atoms with Crippen molar-refractivity contribution in [1.82, 2.24) is 15.1 Å². The van der Waals surface area contributed by atoms with E-state index in [-0.39, 0.29) is 17.6 Å². The zero-order chi connectivity index (χ0) is 28.4. The molecule has 9 heteroatoms. The van der Waals surface area contributed by atoms with Crippen LogP contribution in [0.5, 0.6) is 0 Å². The van der Waals surface area contributed by atoms with Gasteiger partial charge < -0.3 is 20.4 Å². The summed E-state index contributed by atoms with van der Waals surface area (Å²) in [4.78, 5) is 29.6. The van der Waals surface area contributed by atoms with E-state index in [1.807, 2.05) is 31.2 Å². The molecule has 2 N–H and O–H groups in total. The Morgan fingerprint density at radius 1 is 1.03 bits per heavy atom. The molecule has 1 saturated heterocycles. The molecule has 39 heavy (non-hydrogen) atoms. The third-order valence-electron chi connectivity index (χ3n) is 7.28. The van der Waals surface area contributed by atoms with Crippen molar-refractivity contribution >= 4 is 17.6 Å². The van der Waals surface area contributed by atoms with Gasteiger partial charge in [0.25, 0.3) is 0 Å². The van der Waals surface area contributed by atoms with Crippen LogP contribution < -0.4 is 10.6 Å². The maximum atomic E-state index is 13.5. The van der Waals surface area contributed by atoms with Crippen molar-refractivity contribution in [2.75, 3.05) is 18.4 Å². The molecule has 0 aromatic heterocycles. The molecule has 0 saturated carbocycles. The van der Waals surface area contributed by atoms with E-state index in [9.17, 15) is 22.8 Å². The summed E-state index contributed by atoms with van der Waals surface area (Å²) in [5, 5.41) is 5.62. The van der Waals surface area contributed by atoms with Crippen LogP contribution in [0.4, 0.5) is 23.7 Å². The average Bonchev–Trinajstić information content (AvgIpc) is 2.91. The van der Waals surface area contributed by atoms with Crippen LogP contribution in [0, 0.1) is 0 Å². The fraction of sp³-hybridized carbons (Fsp3) is 0.533. The summed E-state index contributed by atoms with van der Waals surface area (Å²) < 4.78 is 39.7. The Morgan fingerprint density at radius 3 is 2.38 bits per heavy atom. The zero-order valence-electron chi connectivity index (χ0n) is 23.2. The Hall–Kier alpha value is -3.07. The highest BCUT2D eigenvalue weighted by Crippen LogP contribution is 2.31. The molecule has 0 bridgehead atoms. The number of urea groups is 1. The highest BCUT2D eigenvalue weighted by atomic mass is 19.4. The van der Waals surface area contributed by atoms with Gasteiger partial charge in [0, 0.05) is 50.4 Å². The van der Waals surface area contributed by atoms with Gasteiger partial charge in [-0.15, -0.1) is 0 Å². The van der Waals surface area contributed by atoms with Crippen LogP contribution in [-0.4, -0.2) is 46.9 Å². The van der Waals surface area contributed by atoms with E-state index in [1.165, 1.54) is 12.1 Å². The standard InChI is InChI=1S/C30H41F3N4O2/c1-4-8-22(3)36-16-14-27(15-17-36)37(29(39)35-26-13-7-12-25(19-26)30(31,32)33)21-24-11-6-10-23(18-24)20-34-28(38)9-5-2/h6-7,10-13,18-19,22,27H,4-5,8-9,14-17,20-21H2,1-3H3,(H,34,38)(H,35,39). The van der Waals surface area contributed by atoms with Crippen molar-refractivity contribution in [1.29, 1.82) is 0 Å². The van der Waals surface area contributed by atoms with Crippen LogP contribution in [0.3, 0.4) is 0 Å². The fourth-order valence-electron chi connectivity index (χ4n) is 5.12. The summed E-state index contributed by atoms with van der Waals surface area (Å²) in [6.07, 6.45) is 0.563. The molecule has 214 valence electrons. The molecule has 0 spiro atoms. The van der Waals surface area contributed by atoms with Gasteiger partial charge in [-0.25, -0.2) is 4.79 Å². The Balaban J connectivity index is 1.77. The number of alkyl halides is 3. The van der Waals surface area contributed by atoms with Crippen molar-refractivity contribution in [3.05, 3.63) is 65.2 Å². The molecular formula is C30H41F3N4O2. The molecule has 2 aromatic carbocycles. The Labute approximate surface area is 229 Å². The number of likely N-dealkylation sites (tertiary alicyclic amines) is 1. The molecule has 1 fully saturated rings. The maximum Gasteiger partial charge on any atom is 0.416 e. The molecule has 1 atom stereocenters. The van der Waals surface area contributed by atoms with E-state index in [0.717, 1.165) is 68.5 Å². The van der Waals surface area contributed by atoms with Gasteiger partial charge in [0.15, 0.2) is 0 Å². The lowest BCUT2D eigenvalue weighted by molar-refractivity contribution is -0.137. The predicted octanol–water partition coefficient (Wildman–Crippen LogP) is 6.81. The lowest BCUT2D eigenvalue weighted by Gasteiger charge is -2.40. The third-order valence-corrected chi connectivity index (χ3v) is 7.28. The summed E-state index contributed by atoms with van der Waals surface area (Å²) in [6, 6.07) is 12.5. The van der Waals surface area contributed by atoms with Gasteiger partial charge in [-0.1, -0.05) is 50.6 Å². The molecule has 1 unspecified atom stereocenters. The number of anilines is 1. The monoisotopic (exact) mass is 546 g/mol. The molecule has 3 rings (SSSR count).